The molecule has 0 saturated heterocycles. The maximum absolute atomic E-state index is 14.0. The lowest BCUT2D eigenvalue weighted by molar-refractivity contribution is 0.0692. The first-order valence-electron chi connectivity index (χ1n) is 6.63. The molecule has 0 radical (unpaired) electrons. The maximum Gasteiger partial charge on any atom is 0.338 e. The standard InChI is InChI=1S/C14H19FN2O2/c1-8-3-4-11(9(2)7-8)17-13-12(15)10(14(18)19)5-6-16-13/h5-6,8-9,11H,3-4,7H2,1-2H3,(H,16,17)(H,18,19). The highest BCUT2D eigenvalue weighted by Gasteiger charge is 2.27. The van der Waals surface area contributed by atoms with E-state index in [1.54, 1.807) is 0 Å². The molecule has 2 N–H and O–H groups in total. The fourth-order valence-corrected chi connectivity index (χ4v) is 2.76. The third kappa shape index (κ3) is 3.03. The van der Waals surface area contributed by atoms with Crippen LogP contribution in [0.2, 0.25) is 0 Å². The Balaban J connectivity index is 2.15. The predicted octanol–water partition coefficient (Wildman–Crippen LogP) is 3.16. The van der Waals surface area contributed by atoms with Crippen LogP contribution in [0.25, 0.3) is 0 Å². The van der Waals surface area contributed by atoms with Crippen molar-refractivity contribution in [2.24, 2.45) is 11.8 Å². The van der Waals surface area contributed by atoms with Crippen LogP contribution in [0.4, 0.5) is 10.2 Å². The fraction of sp³-hybridized carbons (Fsp3) is 0.571. The molecule has 1 fully saturated rings. The number of aromatic carboxylic acids is 1. The van der Waals surface area contributed by atoms with E-state index in [2.05, 4.69) is 24.1 Å². The van der Waals surface area contributed by atoms with Gasteiger partial charge >= 0.3 is 5.97 Å². The molecule has 0 aliphatic heterocycles. The van der Waals surface area contributed by atoms with Crippen LogP contribution >= 0.6 is 0 Å². The molecule has 1 saturated carbocycles. The number of aromatic nitrogens is 1. The summed E-state index contributed by atoms with van der Waals surface area (Å²) in [5.74, 6) is -0.880. The Morgan fingerprint density at radius 2 is 2.21 bits per heavy atom. The summed E-state index contributed by atoms with van der Waals surface area (Å²) in [6, 6.07) is 1.33. The molecule has 2 rings (SSSR count). The topological polar surface area (TPSA) is 62.2 Å². The van der Waals surface area contributed by atoms with Gasteiger partial charge in [-0.05, 0) is 37.2 Å². The number of hydrogen-bond donors (Lipinski definition) is 2. The van der Waals surface area contributed by atoms with Crippen molar-refractivity contribution < 1.29 is 14.3 Å². The minimum absolute atomic E-state index is 0.0475. The molecule has 1 aliphatic carbocycles. The zero-order valence-corrected chi connectivity index (χ0v) is 11.2. The number of carbonyl (C=O) groups is 1. The lowest BCUT2D eigenvalue weighted by atomic mass is 9.80. The number of nitrogens with one attached hydrogen (secondary N) is 1. The number of carboxylic acid groups (broad SMARTS) is 1. The van der Waals surface area contributed by atoms with Crippen LogP contribution in [0.5, 0.6) is 0 Å². The molecule has 1 aliphatic rings. The summed E-state index contributed by atoms with van der Waals surface area (Å²) < 4.78 is 14.0. The van der Waals surface area contributed by atoms with Gasteiger partial charge in [0.25, 0.3) is 0 Å². The van der Waals surface area contributed by atoms with Gasteiger partial charge < -0.3 is 10.4 Å². The molecule has 0 aromatic carbocycles. The third-order valence-corrected chi connectivity index (χ3v) is 3.87. The van der Waals surface area contributed by atoms with Gasteiger partial charge in [-0.1, -0.05) is 13.8 Å². The van der Waals surface area contributed by atoms with E-state index in [-0.39, 0.29) is 17.4 Å². The van der Waals surface area contributed by atoms with E-state index in [0.29, 0.717) is 11.8 Å². The summed E-state index contributed by atoms with van der Waals surface area (Å²) in [6.07, 6.45) is 4.48. The maximum atomic E-state index is 14.0. The van der Waals surface area contributed by atoms with Crippen LogP contribution in [0.1, 0.15) is 43.5 Å². The Morgan fingerprint density at radius 1 is 1.47 bits per heavy atom. The van der Waals surface area contributed by atoms with Gasteiger partial charge in [0.2, 0.25) is 0 Å². The van der Waals surface area contributed by atoms with Crippen LogP contribution in [0, 0.1) is 17.7 Å². The molecule has 1 aromatic heterocycles. The summed E-state index contributed by atoms with van der Waals surface area (Å²) in [7, 11) is 0. The fourth-order valence-electron chi connectivity index (χ4n) is 2.76. The van der Waals surface area contributed by atoms with Gasteiger partial charge in [-0.2, -0.15) is 0 Å². The monoisotopic (exact) mass is 266 g/mol. The highest BCUT2D eigenvalue weighted by molar-refractivity contribution is 5.88. The van der Waals surface area contributed by atoms with E-state index >= 15 is 0 Å². The van der Waals surface area contributed by atoms with Crippen LogP contribution < -0.4 is 5.32 Å². The minimum Gasteiger partial charge on any atom is -0.478 e. The molecule has 104 valence electrons. The molecule has 19 heavy (non-hydrogen) atoms. The lowest BCUT2D eigenvalue weighted by Gasteiger charge is -2.33. The normalized spacial score (nSPS) is 27.0. The number of anilines is 1. The summed E-state index contributed by atoms with van der Waals surface area (Å²) in [5, 5.41) is 12.0. The van der Waals surface area contributed by atoms with E-state index in [9.17, 15) is 9.18 Å². The number of pyridine rings is 1. The molecule has 0 spiro atoms. The molecular weight excluding hydrogens is 247 g/mol. The number of nitrogens with zero attached hydrogens (tertiary/aromatic N) is 1. The lowest BCUT2D eigenvalue weighted by Crippen LogP contribution is -2.33. The van der Waals surface area contributed by atoms with Gasteiger partial charge in [0, 0.05) is 12.2 Å². The van der Waals surface area contributed by atoms with E-state index in [1.165, 1.54) is 12.3 Å². The summed E-state index contributed by atoms with van der Waals surface area (Å²) in [6.45, 7) is 4.35. The van der Waals surface area contributed by atoms with Crippen molar-refractivity contribution in [1.29, 1.82) is 0 Å². The first kappa shape index (κ1) is 13.8. The Hall–Kier alpha value is -1.65. The molecule has 1 heterocycles. The van der Waals surface area contributed by atoms with E-state index in [0.717, 1.165) is 19.3 Å². The Labute approximate surface area is 112 Å². The molecule has 5 heteroatoms. The quantitative estimate of drug-likeness (QED) is 0.882. The van der Waals surface area contributed by atoms with Crippen molar-refractivity contribution in [1.82, 2.24) is 4.98 Å². The molecule has 0 bridgehead atoms. The van der Waals surface area contributed by atoms with Crippen LogP contribution in [-0.4, -0.2) is 22.1 Å². The third-order valence-electron chi connectivity index (χ3n) is 3.87. The van der Waals surface area contributed by atoms with Crippen molar-refractivity contribution in [2.45, 2.75) is 39.2 Å². The Bertz CT molecular complexity index is 479. The highest BCUT2D eigenvalue weighted by atomic mass is 19.1. The second kappa shape index (κ2) is 5.55. The number of halogens is 1. The van der Waals surface area contributed by atoms with E-state index < -0.39 is 11.8 Å². The molecule has 4 nitrogen and oxygen atoms in total. The molecule has 1 aromatic rings. The predicted molar refractivity (Wildman–Crippen MR) is 70.7 cm³/mol. The van der Waals surface area contributed by atoms with Crippen molar-refractivity contribution in [3.63, 3.8) is 0 Å². The van der Waals surface area contributed by atoms with Gasteiger partial charge in [0.15, 0.2) is 11.6 Å². The summed E-state index contributed by atoms with van der Waals surface area (Å²) in [4.78, 5) is 14.8. The average Bonchev–Trinajstić information content (AvgIpc) is 2.34. The van der Waals surface area contributed by atoms with E-state index in [1.807, 2.05) is 0 Å². The van der Waals surface area contributed by atoms with Crippen molar-refractivity contribution in [2.75, 3.05) is 5.32 Å². The van der Waals surface area contributed by atoms with Crippen LogP contribution in [0.3, 0.4) is 0 Å². The van der Waals surface area contributed by atoms with Gasteiger partial charge in [-0.15, -0.1) is 0 Å². The van der Waals surface area contributed by atoms with Gasteiger partial charge in [0.05, 0.1) is 0 Å². The zero-order chi connectivity index (χ0) is 14.0. The van der Waals surface area contributed by atoms with Crippen molar-refractivity contribution in [3.8, 4) is 0 Å². The molecular formula is C14H19FN2O2. The summed E-state index contributed by atoms with van der Waals surface area (Å²) in [5.41, 5.74) is -0.339. The summed E-state index contributed by atoms with van der Waals surface area (Å²) >= 11 is 0. The molecule has 3 unspecified atom stereocenters. The largest absolute Gasteiger partial charge is 0.478 e. The van der Waals surface area contributed by atoms with Crippen LogP contribution in [-0.2, 0) is 0 Å². The van der Waals surface area contributed by atoms with Gasteiger partial charge in [0.1, 0.15) is 5.56 Å². The number of hydrogen-bond acceptors (Lipinski definition) is 3. The minimum atomic E-state index is -1.27. The van der Waals surface area contributed by atoms with Crippen molar-refractivity contribution >= 4 is 11.8 Å². The van der Waals surface area contributed by atoms with Crippen molar-refractivity contribution in [3.05, 3.63) is 23.6 Å². The van der Waals surface area contributed by atoms with Gasteiger partial charge in [-0.3, -0.25) is 0 Å². The first-order chi connectivity index (χ1) is 8.99. The Morgan fingerprint density at radius 3 is 2.84 bits per heavy atom. The second-order valence-electron chi connectivity index (χ2n) is 5.47. The Kier molecular flexibility index (Phi) is 4.02. The smallest absolute Gasteiger partial charge is 0.338 e. The number of rotatable bonds is 3. The second-order valence-corrected chi connectivity index (χ2v) is 5.47. The average molecular weight is 266 g/mol. The van der Waals surface area contributed by atoms with E-state index in [4.69, 9.17) is 5.11 Å². The molecule has 3 atom stereocenters. The zero-order valence-electron chi connectivity index (χ0n) is 11.2. The molecule has 0 amide bonds. The van der Waals surface area contributed by atoms with Gasteiger partial charge in [-0.25, -0.2) is 14.2 Å². The van der Waals surface area contributed by atoms with Crippen LogP contribution in [0.15, 0.2) is 12.3 Å². The SMILES string of the molecule is CC1CCC(Nc2nccc(C(=O)O)c2F)C(C)C1. The first-order valence-corrected chi connectivity index (χ1v) is 6.63. The number of carboxylic acids is 1. The highest BCUT2D eigenvalue weighted by Crippen LogP contribution is 2.31.